The maximum absolute atomic E-state index is 12.5. The average Bonchev–Trinajstić information content (AvgIpc) is 3.25. The molecule has 0 radical (unpaired) electrons. The predicted molar refractivity (Wildman–Crippen MR) is 121 cm³/mol. The molecule has 0 unspecified atom stereocenters. The number of hydrogen-bond donors (Lipinski definition) is 2. The van der Waals surface area contributed by atoms with Crippen LogP contribution in [0.25, 0.3) is 5.70 Å². The molecule has 1 heterocycles. The zero-order valence-electron chi connectivity index (χ0n) is 17.0. The van der Waals surface area contributed by atoms with E-state index >= 15 is 0 Å². The molecule has 2 N–H and O–H groups in total. The van der Waals surface area contributed by atoms with Crippen molar-refractivity contribution in [3.63, 3.8) is 0 Å². The Hall–Kier alpha value is -3.06. The lowest BCUT2D eigenvalue weighted by atomic mass is 10.0. The first kappa shape index (κ1) is 20.7. The largest absolute Gasteiger partial charge is 0.505 e. The minimum absolute atomic E-state index is 0.00120. The lowest BCUT2D eigenvalue weighted by Crippen LogP contribution is -2.44. The molecule has 0 fully saturated rings. The number of nitrogens with one attached hydrogen (secondary N) is 1. The molecule has 1 aromatic heterocycles. The molecule has 0 aliphatic carbocycles. The van der Waals surface area contributed by atoms with Gasteiger partial charge >= 0.3 is 0 Å². The normalized spacial score (nSPS) is 12.0. The summed E-state index contributed by atoms with van der Waals surface area (Å²) in [5, 5.41) is 15.7. The van der Waals surface area contributed by atoms with E-state index in [1.54, 1.807) is 48.5 Å². The van der Waals surface area contributed by atoms with Crippen LogP contribution in [-0.2, 0) is 0 Å². The fraction of sp³-hybridized carbons (Fsp3) is 0.273. The van der Waals surface area contributed by atoms with Gasteiger partial charge in [0, 0.05) is 37.3 Å². The molecule has 0 bridgehead atoms. The second kappa shape index (κ2) is 8.13. The maximum atomic E-state index is 12.5. The Morgan fingerprint density at radius 3 is 2.45 bits per heavy atom. The SMILES string of the molecule is C=C(NC)c1cccc(N(C)c2c(N(C)[C@H](CC)c3cccs3)c(=O)c2=O)c1O. The minimum atomic E-state index is -0.548. The van der Waals surface area contributed by atoms with E-state index in [0.717, 1.165) is 11.3 Å². The van der Waals surface area contributed by atoms with Crippen molar-refractivity contribution >= 4 is 34.1 Å². The monoisotopic (exact) mass is 411 g/mol. The first-order valence-corrected chi connectivity index (χ1v) is 10.2. The summed E-state index contributed by atoms with van der Waals surface area (Å²) in [6.45, 7) is 5.94. The number of phenolic OH excluding ortho intramolecular Hbond substituents is 1. The molecule has 2 aromatic carbocycles. The average molecular weight is 412 g/mol. The zero-order chi connectivity index (χ0) is 21.3. The Morgan fingerprint density at radius 2 is 1.86 bits per heavy atom. The van der Waals surface area contributed by atoms with E-state index in [0.29, 0.717) is 22.6 Å². The topological polar surface area (TPSA) is 72.9 Å². The molecule has 0 aliphatic heterocycles. The molecule has 0 aliphatic rings. The summed E-state index contributed by atoms with van der Waals surface area (Å²) >= 11 is 1.62. The highest BCUT2D eigenvalue weighted by Gasteiger charge is 2.32. The molecular weight excluding hydrogens is 386 g/mol. The van der Waals surface area contributed by atoms with E-state index in [1.165, 1.54) is 0 Å². The number of thiophene rings is 1. The summed E-state index contributed by atoms with van der Waals surface area (Å²) in [6, 6.07) is 9.23. The molecule has 0 saturated heterocycles. The molecule has 152 valence electrons. The second-order valence-electron chi connectivity index (χ2n) is 6.87. The van der Waals surface area contributed by atoms with Gasteiger partial charge in [0.15, 0.2) is 0 Å². The second-order valence-corrected chi connectivity index (χ2v) is 7.85. The van der Waals surface area contributed by atoms with Crippen LogP contribution in [0, 0.1) is 0 Å². The van der Waals surface area contributed by atoms with Gasteiger partial charge in [0.1, 0.15) is 17.1 Å². The number of phenols is 1. The molecule has 29 heavy (non-hydrogen) atoms. The highest BCUT2D eigenvalue weighted by Crippen LogP contribution is 2.40. The fourth-order valence-corrected chi connectivity index (χ4v) is 4.56. The summed E-state index contributed by atoms with van der Waals surface area (Å²) in [7, 11) is 5.23. The Balaban J connectivity index is 2.04. The first-order chi connectivity index (χ1) is 13.8. The van der Waals surface area contributed by atoms with E-state index < -0.39 is 10.9 Å². The number of nitrogens with zero attached hydrogens (tertiary/aromatic N) is 2. The van der Waals surface area contributed by atoms with Gasteiger partial charge in [-0.25, -0.2) is 0 Å². The van der Waals surface area contributed by atoms with Crippen LogP contribution in [0.1, 0.15) is 29.8 Å². The summed E-state index contributed by atoms with van der Waals surface area (Å²) in [4.78, 5) is 29.6. The smallest absolute Gasteiger partial charge is 0.253 e. The quantitative estimate of drug-likeness (QED) is 0.552. The van der Waals surface area contributed by atoms with Gasteiger partial charge in [-0.05, 0) is 30.0 Å². The molecule has 0 spiro atoms. The lowest BCUT2D eigenvalue weighted by Gasteiger charge is -2.33. The molecule has 3 rings (SSSR count). The van der Waals surface area contributed by atoms with Crippen molar-refractivity contribution in [2.24, 2.45) is 0 Å². The van der Waals surface area contributed by atoms with Crippen molar-refractivity contribution in [3.05, 3.63) is 73.2 Å². The zero-order valence-corrected chi connectivity index (χ0v) is 17.8. The summed E-state index contributed by atoms with van der Waals surface area (Å²) in [6.07, 6.45) is 0.793. The van der Waals surface area contributed by atoms with Crippen LogP contribution < -0.4 is 26.0 Å². The summed E-state index contributed by atoms with van der Waals surface area (Å²) < 4.78 is 0. The van der Waals surface area contributed by atoms with Crippen LogP contribution in [0.2, 0.25) is 0 Å². The third-order valence-electron chi connectivity index (χ3n) is 5.28. The Labute approximate surface area is 174 Å². The number of aromatic hydroxyl groups is 1. The molecule has 3 aromatic rings. The van der Waals surface area contributed by atoms with Crippen LogP contribution in [0.3, 0.4) is 0 Å². The van der Waals surface area contributed by atoms with Crippen molar-refractivity contribution in [1.82, 2.24) is 5.32 Å². The number of rotatable bonds is 8. The van der Waals surface area contributed by atoms with E-state index in [4.69, 9.17) is 0 Å². The van der Waals surface area contributed by atoms with Crippen LogP contribution in [0.4, 0.5) is 17.1 Å². The van der Waals surface area contributed by atoms with Crippen LogP contribution in [-0.4, -0.2) is 26.2 Å². The van der Waals surface area contributed by atoms with Gasteiger partial charge in [-0.3, -0.25) is 9.59 Å². The van der Waals surface area contributed by atoms with E-state index in [1.807, 2.05) is 29.5 Å². The maximum Gasteiger partial charge on any atom is 0.253 e. The molecular formula is C22H25N3O3S. The standard InChI is InChI=1S/C22H25N3O3S/c1-6-15(17-11-8-12-29-17)24(4)18-19(22(28)21(18)27)25(5)16-10-7-9-14(20(16)26)13(2)23-3/h7-12,15,23,26H,2,6H2,1,3-5H3/t15-/m1/s1. The van der Waals surface area contributed by atoms with Crippen molar-refractivity contribution in [2.45, 2.75) is 19.4 Å². The van der Waals surface area contributed by atoms with E-state index in [-0.39, 0.29) is 17.5 Å². The Bertz CT molecular complexity index is 1100. The van der Waals surface area contributed by atoms with Gasteiger partial charge in [-0.2, -0.15) is 0 Å². The Kier molecular flexibility index (Phi) is 5.79. The fourth-order valence-electron chi connectivity index (χ4n) is 3.61. The number of hydrogen-bond acceptors (Lipinski definition) is 7. The number of anilines is 3. The number of para-hydroxylation sites is 1. The number of benzene rings is 1. The molecule has 7 heteroatoms. The summed E-state index contributed by atoms with van der Waals surface area (Å²) in [5.74, 6) is 0.00120. The third-order valence-corrected chi connectivity index (χ3v) is 6.25. The molecule has 0 saturated carbocycles. The van der Waals surface area contributed by atoms with Crippen molar-refractivity contribution in [3.8, 4) is 5.75 Å². The van der Waals surface area contributed by atoms with Crippen molar-refractivity contribution < 1.29 is 5.11 Å². The van der Waals surface area contributed by atoms with Crippen LogP contribution in [0.5, 0.6) is 5.75 Å². The van der Waals surface area contributed by atoms with Gasteiger partial charge in [0.05, 0.1) is 11.7 Å². The van der Waals surface area contributed by atoms with Crippen LogP contribution in [0.15, 0.2) is 51.9 Å². The Morgan fingerprint density at radius 1 is 1.17 bits per heavy atom. The summed E-state index contributed by atoms with van der Waals surface area (Å²) in [5.41, 5.74) is 1.14. The van der Waals surface area contributed by atoms with Gasteiger partial charge in [0.2, 0.25) is 0 Å². The van der Waals surface area contributed by atoms with E-state index in [2.05, 4.69) is 18.8 Å². The third kappa shape index (κ3) is 3.42. The molecule has 1 atom stereocenters. The van der Waals surface area contributed by atoms with Crippen molar-refractivity contribution in [1.29, 1.82) is 0 Å². The highest BCUT2D eigenvalue weighted by atomic mass is 32.1. The molecule has 6 nitrogen and oxygen atoms in total. The van der Waals surface area contributed by atoms with Crippen LogP contribution >= 0.6 is 11.3 Å². The highest BCUT2D eigenvalue weighted by molar-refractivity contribution is 7.10. The minimum Gasteiger partial charge on any atom is -0.505 e. The van der Waals surface area contributed by atoms with Gasteiger partial charge in [-0.15, -0.1) is 11.3 Å². The van der Waals surface area contributed by atoms with Gasteiger partial charge in [-0.1, -0.05) is 25.6 Å². The lowest BCUT2D eigenvalue weighted by molar-refractivity contribution is 0.474. The van der Waals surface area contributed by atoms with Gasteiger partial charge < -0.3 is 20.2 Å². The predicted octanol–water partition coefficient (Wildman–Crippen LogP) is 3.60. The molecule has 0 amide bonds. The first-order valence-electron chi connectivity index (χ1n) is 9.35. The van der Waals surface area contributed by atoms with Crippen molar-refractivity contribution in [2.75, 3.05) is 30.9 Å². The van der Waals surface area contributed by atoms with Gasteiger partial charge in [0.25, 0.3) is 10.9 Å². The van der Waals surface area contributed by atoms with E-state index in [9.17, 15) is 14.7 Å².